The molecule has 0 unspecified atom stereocenters. The molecule has 0 bridgehead atoms. The number of carbonyl (C=O) groups is 1. The molecule has 6 heteroatoms. The summed E-state index contributed by atoms with van der Waals surface area (Å²) in [7, 11) is 1.88. The van der Waals surface area contributed by atoms with Crippen LogP contribution in [0, 0.1) is 6.92 Å². The van der Waals surface area contributed by atoms with E-state index in [1.54, 1.807) is 4.68 Å². The molecule has 0 aromatic carbocycles. The molecule has 2 aliphatic rings. The zero-order valence-electron chi connectivity index (χ0n) is 13.0. The summed E-state index contributed by atoms with van der Waals surface area (Å²) in [5.41, 5.74) is 0.935. The summed E-state index contributed by atoms with van der Waals surface area (Å²) in [6.45, 7) is 5.64. The molecule has 1 aromatic heterocycles. The number of amides is 1. The number of carbonyl (C=O) groups excluding carboxylic acids is 1. The number of rotatable bonds is 4. The van der Waals surface area contributed by atoms with E-state index in [0.717, 1.165) is 43.9 Å². The van der Waals surface area contributed by atoms with Crippen LogP contribution in [-0.2, 0) is 16.6 Å². The molecule has 0 spiro atoms. The first-order chi connectivity index (χ1) is 10.1. The Kier molecular flexibility index (Phi) is 3.99. The van der Waals surface area contributed by atoms with Gasteiger partial charge in [-0.2, -0.15) is 5.10 Å². The Labute approximate surface area is 125 Å². The van der Waals surface area contributed by atoms with Gasteiger partial charge in [-0.1, -0.05) is 0 Å². The van der Waals surface area contributed by atoms with Crippen LogP contribution in [-0.4, -0.2) is 47.0 Å². The summed E-state index contributed by atoms with van der Waals surface area (Å²) in [4.78, 5) is 14.4. The lowest BCUT2D eigenvalue weighted by atomic mass is 10.1. The first-order valence-corrected chi connectivity index (χ1v) is 7.76. The number of ether oxygens (including phenoxy) is 1. The molecule has 0 radical (unpaired) electrons. The van der Waals surface area contributed by atoms with Crippen LogP contribution in [0.5, 0.6) is 0 Å². The van der Waals surface area contributed by atoms with Crippen molar-refractivity contribution in [3.63, 3.8) is 0 Å². The number of anilines is 1. The van der Waals surface area contributed by atoms with Crippen LogP contribution >= 0.6 is 0 Å². The maximum absolute atomic E-state index is 12.6. The molecule has 6 nitrogen and oxygen atoms in total. The van der Waals surface area contributed by atoms with Crippen LogP contribution in [0.4, 0.5) is 5.82 Å². The van der Waals surface area contributed by atoms with E-state index < -0.39 is 0 Å². The van der Waals surface area contributed by atoms with Gasteiger partial charge >= 0.3 is 0 Å². The van der Waals surface area contributed by atoms with Gasteiger partial charge in [0.2, 0.25) is 5.91 Å². The first kappa shape index (κ1) is 14.5. The SMILES string of the molecule is Cc1cc(N2CC[C@H](N[C@H](C)[C@H]3CCCO3)C2=O)n(C)n1. The molecular weight excluding hydrogens is 268 g/mol. The predicted molar refractivity (Wildman–Crippen MR) is 80.3 cm³/mol. The largest absolute Gasteiger partial charge is 0.377 e. The van der Waals surface area contributed by atoms with Gasteiger partial charge in [0.25, 0.3) is 0 Å². The van der Waals surface area contributed by atoms with E-state index in [1.165, 1.54) is 0 Å². The maximum atomic E-state index is 12.6. The minimum atomic E-state index is -0.112. The van der Waals surface area contributed by atoms with E-state index >= 15 is 0 Å². The summed E-state index contributed by atoms with van der Waals surface area (Å²) in [6.07, 6.45) is 3.28. The van der Waals surface area contributed by atoms with E-state index in [0.29, 0.717) is 0 Å². The van der Waals surface area contributed by atoms with Crippen LogP contribution in [0.1, 0.15) is 31.9 Å². The molecule has 1 amide bonds. The lowest BCUT2D eigenvalue weighted by molar-refractivity contribution is -0.119. The van der Waals surface area contributed by atoms with Crippen molar-refractivity contribution in [3.05, 3.63) is 11.8 Å². The summed E-state index contributed by atoms with van der Waals surface area (Å²) in [6, 6.07) is 2.07. The van der Waals surface area contributed by atoms with Gasteiger partial charge in [-0.25, -0.2) is 0 Å². The quantitative estimate of drug-likeness (QED) is 0.899. The molecule has 3 atom stereocenters. The lowest BCUT2D eigenvalue weighted by Gasteiger charge is -2.23. The van der Waals surface area contributed by atoms with Crippen LogP contribution in [0.25, 0.3) is 0 Å². The number of hydrogen-bond acceptors (Lipinski definition) is 4. The zero-order valence-corrected chi connectivity index (χ0v) is 13.0. The molecule has 2 saturated heterocycles. The molecule has 3 heterocycles. The average Bonchev–Trinajstić information content (AvgIpc) is 3.13. The fourth-order valence-corrected chi connectivity index (χ4v) is 3.33. The second-order valence-electron chi connectivity index (χ2n) is 6.11. The van der Waals surface area contributed by atoms with Crippen molar-refractivity contribution in [2.24, 2.45) is 7.05 Å². The lowest BCUT2D eigenvalue weighted by Crippen LogP contribution is -2.47. The highest BCUT2D eigenvalue weighted by Crippen LogP contribution is 2.23. The second-order valence-corrected chi connectivity index (χ2v) is 6.11. The fraction of sp³-hybridized carbons (Fsp3) is 0.733. The third kappa shape index (κ3) is 2.82. The maximum Gasteiger partial charge on any atom is 0.245 e. The Morgan fingerprint density at radius 3 is 2.90 bits per heavy atom. The van der Waals surface area contributed by atoms with E-state index in [1.807, 2.05) is 24.9 Å². The summed E-state index contributed by atoms with van der Waals surface area (Å²) in [5, 5.41) is 7.77. The van der Waals surface area contributed by atoms with Crippen molar-refractivity contribution >= 4 is 11.7 Å². The zero-order chi connectivity index (χ0) is 15.0. The van der Waals surface area contributed by atoms with Gasteiger partial charge in [0.05, 0.1) is 17.8 Å². The molecule has 1 aromatic rings. The van der Waals surface area contributed by atoms with E-state index in [4.69, 9.17) is 4.74 Å². The molecule has 116 valence electrons. The Bertz CT molecular complexity index is 522. The number of nitrogens with one attached hydrogen (secondary N) is 1. The Morgan fingerprint density at radius 2 is 2.29 bits per heavy atom. The van der Waals surface area contributed by atoms with Crippen molar-refractivity contribution in [2.45, 2.75) is 51.3 Å². The molecule has 1 N–H and O–H groups in total. The summed E-state index contributed by atoms with van der Waals surface area (Å²) < 4.78 is 7.47. The molecule has 3 rings (SSSR count). The topological polar surface area (TPSA) is 59.4 Å². The van der Waals surface area contributed by atoms with Gasteiger partial charge in [-0.05, 0) is 33.1 Å². The number of nitrogens with zero attached hydrogens (tertiary/aromatic N) is 3. The van der Waals surface area contributed by atoms with Crippen LogP contribution in [0.15, 0.2) is 6.07 Å². The van der Waals surface area contributed by atoms with Crippen molar-refractivity contribution in [3.8, 4) is 0 Å². The van der Waals surface area contributed by atoms with Gasteiger partial charge in [0, 0.05) is 32.3 Å². The van der Waals surface area contributed by atoms with Crippen LogP contribution in [0.2, 0.25) is 0 Å². The van der Waals surface area contributed by atoms with Crippen molar-refractivity contribution in [1.29, 1.82) is 0 Å². The third-order valence-corrected chi connectivity index (χ3v) is 4.45. The molecule has 0 saturated carbocycles. The highest BCUT2D eigenvalue weighted by Gasteiger charge is 2.36. The van der Waals surface area contributed by atoms with Gasteiger partial charge < -0.3 is 10.1 Å². The molecule has 0 aliphatic carbocycles. The third-order valence-electron chi connectivity index (χ3n) is 4.45. The second kappa shape index (κ2) is 5.77. The van der Waals surface area contributed by atoms with E-state index in [-0.39, 0.29) is 24.1 Å². The minimum Gasteiger partial charge on any atom is -0.377 e. The van der Waals surface area contributed by atoms with Crippen molar-refractivity contribution in [1.82, 2.24) is 15.1 Å². The summed E-state index contributed by atoms with van der Waals surface area (Å²) >= 11 is 0. The highest BCUT2D eigenvalue weighted by atomic mass is 16.5. The van der Waals surface area contributed by atoms with Crippen LogP contribution < -0.4 is 10.2 Å². The molecular formula is C15H24N4O2. The van der Waals surface area contributed by atoms with E-state index in [2.05, 4.69) is 17.3 Å². The van der Waals surface area contributed by atoms with Crippen LogP contribution in [0.3, 0.4) is 0 Å². The smallest absolute Gasteiger partial charge is 0.245 e. The van der Waals surface area contributed by atoms with Gasteiger partial charge in [-0.15, -0.1) is 0 Å². The average molecular weight is 292 g/mol. The first-order valence-electron chi connectivity index (χ1n) is 7.76. The Hall–Kier alpha value is -1.40. The minimum absolute atomic E-state index is 0.112. The molecule has 2 fully saturated rings. The molecule has 21 heavy (non-hydrogen) atoms. The monoisotopic (exact) mass is 292 g/mol. The van der Waals surface area contributed by atoms with E-state index in [9.17, 15) is 4.79 Å². The van der Waals surface area contributed by atoms with Gasteiger partial charge in [0.1, 0.15) is 5.82 Å². The number of aromatic nitrogens is 2. The normalized spacial score (nSPS) is 27.6. The number of hydrogen-bond donors (Lipinski definition) is 1. The van der Waals surface area contributed by atoms with Gasteiger partial charge in [0.15, 0.2) is 0 Å². The Balaban J connectivity index is 1.64. The highest BCUT2D eigenvalue weighted by molar-refractivity contribution is 5.98. The Morgan fingerprint density at radius 1 is 1.48 bits per heavy atom. The molecule has 2 aliphatic heterocycles. The number of aryl methyl sites for hydroxylation is 2. The van der Waals surface area contributed by atoms with Crippen molar-refractivity contribution < 1.29 is 9.53 Å². The standard InChI is InChI=1S/C15H24N4O2/c1-10-9-14(18(3)17-10)19-7-6-12(15(19)20)16-11(2)13-5-4-8-21-13/h9,11-13,16H,4-8H2,1-3H3/t11-,12+,13-/m1/s1. The predicted octanol–water partition coefficient (Wildman–Crippen LogP) is 0.991. The van der Waals surface area contributed by atoms with Crippen molar-refractivity contribution in [2.75, 3.05) is 18.1 Å². The fourth-order valence-electron chi connectivity index (χ4n) is 3.33. The van der Waals surface area contributed by atoms with Gasteiger partial charge in [-0.3, -0.25) is 14.4 Å². The summed E-state index contributed by atoms with van der Waals surface area (Å²) in [5.74, 6) is 1.02.